The van der Waals surface area contributed by atoms with Gasteiger partial charge in [0.05, 0.1) is 12.8 Å². The minimum Gasteiger partial charge on any atom is -0.497 e. The third-order valence-electron chi connectivity index (χ3n) is 3.41. The van der Waals surface area contributed by atoms with Gasteiger partial charge in [-0.15, -0.1) is 0 Å². The van der Waals surface area contributed by atoms with Gasteiger partial charge in [0.25, 0.3) is 0 Å². The summed E-state index contributed by atoms with van der Waals surface area (Å²) in [6, 6.07) is 16.1. The average molecular weight is 300 g/mol. The van der Waals surface area contributed by atoms with Crippen LogP contribution >= 0.6 is 12.2 Å². The zero-order chi connectivity index (χ0) is 15.2. The van der Waals surface area contributed by atoms with Gasteiger partial charge in [-0.05, 0) is 24.6 Å². The summed E-state index contributed by atoms with van der Waals surface area (Å²) >= 11 is 5.17. The molecular formula is C17H20N2OS. The second-order valence-electron chi connectivity index (χ2n) is 4.75. The average Bonchev–Trinajstić information content (AvgIpc) is 2.52. The van der Waals surface area contributed by atoms with Gasteiger partial charge < -0.3 is 15.4 Å². The minimum atomic E-state index is 0.402. The molecule has 3 nitrogen and oxygen atoms in total. The predicted octanol–water partition coefficient (Wildman–Crippen LogP) is 3.36. The number of anilines is 1. The molecule has 21 heavy (non-hydrogen) atoms. The van der Waals surface area contributed by atoms with Gasteiger partial charge >= 0.3 is 0 Å². The standard InChI is InChI=1S/C17H20N2OS/c1-3-19(12-13-7-5-4-6-8-13)16-11-14(20-2)9-10-15(16)17(18)21/h4-11H,3,12H2,1-2H3,(H2,18,21). The number of nitrogens with two attached hydrogens (primary N) is 1. The molecule has 0 aliphatic carbocycles. The van der Waals surface area contributed by atoms with Crippen molar-refractivity contribution in [3.05, 3.63) is 59.7 Å². The van der Waals surface area contributed by atoms with Crippen LogP contribution in [-0.4, -0.2) is 18.6 Å². The summed E-state index contributed by atoms with van der Waals surface area (Å²) in [6.07, 6.45) is 0. The molecule has 0 aliphatic heterocycles. The van der Waals surface area contributed by atoms with Crippen molar-refractivity contribution in [3.63, 3.8) is 0 Å². The van der Waals surface area contributed by atoms with Gasteiger partial charge in [-0.25, -0.2) is 0 Å². The quantitative estimate of drug-likeness (QED) is 0.830. The number of nitrogens with zero attached hydrogens (tertiary/aromatic N) is 1. The highest BCUT2D eigenvalue weighted by atomic mass is 32.1. The lowest BCUT2D eigenvalue weighted by atomic mass is 10.1. The molecule has 0 fully saturated rings. The van der Waals surface area contributed by atoms with Crippen LogP contribution in [0.25, 0.3) is 0 Å². The van der Waals surface area contributed by atoms with Gasteiger partial charge in [-0.2, -0.15) is 0 Å². The van der Waals surface area contributed by atoms with Crippen molar-refractivity contribution < 1.29 is 4.74 Å². The molecule has 0 radical (unpaired) electrons. The number of methoxy groups -OCH3 is 1. The number of rotatable bonds is 6. The monoisotopic (exact) mass is 300 g/mol. The summed E-state index contributed by atoms with van der Waals surface area (Å²) in [5.74, 6) is 0.802. The molecule has 110 valence electrons. The summed E-state index contributed by atoms with van der Waals surface area (Å²) in [6.45, 7) is 3.78. The van der Waals surface area contributed by atoms with E-state index in [-0.39, 0.29) is 0 Å². The van der Waals surface area contributed by atoms with Crippen molar-refractivity contribution in [3.8, 4) is 5.75 Å². The maximum absolute atomic E-state index is 5.86. The minimum absolute atomic E-state index is 0.402. The van der Waals surface area contributed by atoms with E-state index in [1.807, 2.05) is 36.4 Å². The van der Waals surface area contributed by atoms with E-state index in [9.17, 15) is 0 Å². The molecular weight excluding hydrogens is 280 g/mol. The normalized spacial score (nSPS) is 10.2. The molecule has 2 rings (SSSR count). The zero-order valence-corrected chi connectivity index (χ0v) is 13.2. The summed E-state index contributed by atoms with van der Waals surface area (Å²) in [5, 5.41) is 0. The van der Waals surface area contributed by atoms with Crippen molar-refractivity contribution in [2.75, 3.05) is 18.6 Å². The van der Waals surface area contributed by atoms with Crippen LogP contribution in [0.3, 0.4) is 0 Å². The van der Waals surface area contributed by atoms with E-state index in [2.05, 4.69) is 24.0 Å². The highest BCUT2D eigenvalue weighted by Gasteiger charge is 2.13. The second-order valence-corrected chi connectivity index (χ2v) is 5.19. The van der Waals surface area contributed by atoms with Crippen molar-refractivity contribution in [2.45, 2.75) is 13.5 Å². The lowest BCUT2D eigenvalue weighted by Crippen LogP contribution is -2.25. The first kappa shape index (κ1) is 15.3. The van der Waals surface area contributed by atoms with Crippen LogP contribution < -0.4 is 15.4 Å². The Morgan fingerprint density at radius 2 is 1.90 bits per heavy atom. The Morgan fingerprint density at radius 1 is 1.19 bits per heavy atom. The van der Waals surface area contributed by atoms with Crippen molar-refractivity contribution >= 4 is 22.9 Å². The van der Waals surface area contributed by atoms with E-state index in [1.165, 1.54) is 5.56 Å². The molecule has 2 aromatic carbocycles. The fraction of sp³-hybridized carbons (Fsp3) is 0.235. The molecule has 4 heteroatoms. The predicted molar refractivity (Wildman–Crippen MR) is 92.0 cm³/mol. The zero-order valence-electron chi connectivity index (χ0n) is 12.4. The number of hydrogen-bond acceptors (Lipinski definition) is 3. The largest absolute Gasteiger partial charge is 0.497 e. The van der Waals surface area contributed by atoms with Crippen LogP contribution in [0.5, 0.6) is 5.75 Å². The van der Waals surface area contributed by atoms with Crippen molar-refractivity contribution in [1.82, 2.24) is 0 Å². The molecule has 0 unspecified atom stereocenters. The Kier molecular flexibility index (Phi) is 5.17. The topological polar surface area (TPSA) is 38.5 Å². The summed E-state index contributed by atoms with van der Waals surface area (Å²) in [7, 11) is 1.66. The van der Waals surface area contributed by atoms with Gasteiger partial charge in [0.2, 0.25) is 0 Å². The maximum atomic E-state index is 5.86. The van der Waals surface area contributed by atoms with Gasteiger partial charge in [0, 0.05) is 24.7 Å². The molecule has 0 amide bonds. The molecule has 0 heterocycles. The van der Waals surface area contributed by atoms with Crippen LogP contribution in [0.15, 0.2) is 48.5 Å². The van der Waals surface area contributed by atoms with Gasteiger partial charge in [-0.3, -0.25) is 0 Å². The number of ether oxygens (including phenoxy) is 1. The van der Waals surface area contributed by atoms with Crippen LogP contribution in [0.2, 0.25) is 0 Å². The SMILES string of the molecule is CCN(Cc1ccccc1)c1cc(OC)ccc1C(N)=S. The lowest BCUT2D eigenvalue weighted by Gasteiger charge is -2.26. The van der Waals surface area contributed by atoms with Crippen molar-refractivity contribution in [2.24, 2.45) is 5.73 Å². The molecule has 0 aromatic heterocycles. The van der Waals surface area contributed by atoms with E-state index in [1.54, 1.807) is 7.11 Å². The third-order valence-corrected chi connectivity index (χ3v) is 3.63. The Hall–Kier alpha value is -2.07. The third kappa shape index (κ3) is 3.73. The molecule has 2 N–H and O–H groups in total. The molecule has 0 atom stereocenters. The summed E-state index contributed by atoms with van der Waals surface area (Å²) in [4.78, 5) is 2.64. The van der Waals surface area contributed by atoms with E-state index in [0.29, 0.717) is 4.99 Å². The van der Waals surface area contributed by atoms with Crippen LogP contribution in [0.1, 0.15) is 18.1 Å². The Bertz CT molecular complexity index is 613. The van der Waals surface area contributed by atoms with Gasteiger partial charge in [-0.1, -0.05) is 42.5 Å². The molecule has 2 aromatic rings. The fourth-order valence-electron chi connectivity index (χ4n) is 2.28. The van der Waals surface area contributed by atoms with E-state index in [0.717, 1.165) is 30.1 Å². The molecule has 0 saturated heterocycles. The summed E-state index contributed by atoms with van der Waals surface area (Å²) in [5.41, 5.74) is 8.99. The maximum Gasteiger partial charge on any atom is 0.120 e. The number of hydrogen-bond donors (Lipinski definition) is 1. The van der Waals surface area contributed by atoms with Crippen LogP contribution in [0.4, 0.5) is 5.69 Å². The Labute approximate surface area is 131 Å². The smallest absolute Gasteiger partial charge is 0.120 e. The number of benzene rings is 2. The Balaban J connectivity index is 2.38. The van der Waals surface area contributed by atoms with E-state index in [4.69, 9.17) is 22.7 Å². The Morgan fingerprint density at radius 3 is 2.48 bits per heavy atom. The first-order chi connectivity index (χ1) is 10.2. The molecule has 0 saturated carbocycles. The van der Waals surface area contributed by atoms with Crippen molar-refractivity contribution in [1.29, 1.82) is 0 Å². The van der Waals surface area contributed by atoms with Crippen LogP contribution in [0, 0.1) is 0 Å². The first-order valence-electron chi connectivity index (χ1n) is 6.92. The lowest BCUT2D eigenvalue weighted by molar-refractivity contribution is 0.414. The number of thiocarbonyl (C=S) groups is 1. The highest BCUT2D eigenvalue weighted by Crippen LogP contribution is 2.27. The van der Waals surface area contributed by atoms with Gasteiger partial charge in [0.15, 0.2) is 0 Å². The van der Waals surface area contributed by atoms with E-state index < -0.39 is 0 Å². The highest BCUT2D eigenvalue weighted by molar-refractivity contribution is 7.80. The summed E-state index contributed by atoms with van der Waals surface area (Å²) < 4.78 is 5.32. The molecule has 0 spiro atoms. The fourth-order valence-corrected chi connectivity index (χ4v) is 2.45. The van der Waals surface area contributed by atoms with E-state index >= 15 is 0 Å². The first-order valence-corrected chi connectivity index (χ1v) is 7.33. The molecule has 0 aliphatic rings. The van der Waals surface area contributed by atoms with Gasteiger partial charge in [0.1, 0.15) is 10.7 Å². The molecule has 0 bridgehead atoms. The van der Waals surface area contributed by atoms with Crippen LogP contribution in [-0.2, 0) is 6.54 Å². The second kappa shape index (κ2) is 7.09.